The summed E-state index contributed by atoms with van der Waals surface area (Å²) in [4.78, 5) is 2.33. The van der Waals surface area contributed by atoms with E-state index >= 15 is 0 Å². The minimum absolute atomic E-state index is 0.138. The first-order valence-corrected chi connectivity index (χ1v) is 5.15. The van der Waals surface area contributed by atoms with Crippen molar-refractivity contribution in [2.24, 2.45) is 0 Å². The van der Waals surface area contributed by atoms with Gasteiger partial charge in [-0.25, -0.2) is 0 Å². The molecule has 0 amide bonds. The summed E-state index contributed by atoms with van der Waals surface area (Å²) in [5.74, 6) is 0. The zero-order valence-electron chi connectivity index (χ0n) is 8.83. The molecule has 0 bridgehead atoms. The Hall–Kier alpha value is -1.02. The van der Waals surface area contributed by atoms with Crippen LogP contribution in [-0.2, 0) is 6.61 Å². The van der Waals surface area contributed by atoms with Crippen LogP contribution in [0, 0.1) is 6.92 Å². The fourth-order valence-corrected chi connectivity index (χ4v) is 1.75. The minimum atomic E-state index is 0.138. The van der Waals surface area contributed by atoms with Gasteiger partial charge < -0.3 is 10.0 Å². The van der Waals surface area contributed by atoms with Gasteiger partial charge >= 0.3 is 0 Å². The maximum Gasteiger partial charge on any atom is 0.0684 e. The molecular formula is C12H17NO. The van der Waals surface area contributed by atoms with E-state index in [9.17, 15) is 0 Å². The molecule has 0 unspecified atom stereocenters. The smallest absolute Gasteiger partial charge is 0.0684 e. The van der Waals surface area contributed by atoms with E-state index in [1.54, 1.807) is 0 Å². The van der Waals surface area contributed by atoms with Crippen LogP contribution >= 0.6 is 0 Å². The average molecular weight is 191 g/mol. The molecule has 2 rings (SSSR count). The summed E-state index contributed by atoms with van der Waals surface area (Å²) >= 11 is 0. The third-order valence-corrected chi connectivity index (χ3v) is 3.00. The van der Waals surface area contributed by atoms with E-state index in [-0.39, 0.29) is 6.61 Å². The van der Waals surface area contributed by atoms with Gasteiger partial charge in [-0.05, 0) is 43.0 Å². The van der Waals surface area contributed by atoms with Crippen LogP contribution in [0.5, 0.6) is 0 Å². The Labute approximate surface area is 85.2 Å². The van der Waals surface area contributed by atoms with Crippen molar-refractivity contribution in [1.29, 1.82) is 0 Å². The van der Waals surface area contributed by atoms with Gasteiger partial charge in [0.2, 0.25) is 0 Å². The molecule has 0 radical (unpaired) electrons. The molecule has 1 fully saturated rings. The maximum atomic E-state index is 9.06. The molecule has 1 aliphatic rings. The second-order valence-corrected chi connectivity index (χ2v) is 4.11. The average Bonchev–Trinajstić information content (AvgIpc) is 3.00. The van der Waals surface area contributed by atoms with Crippen LogP contribution in [0.1, 0.15) is 24.0 Å². The highest BCUT2D eigenvalue weighted by Gasteiger charge is 2.26. The number of anilines is 1. The van der Waals surface area contributed by atoms with E-state index in [1.165, 1.54) is 24.1 Å². The fraction of sp³-hybridized carbons (Fsp3) is 0.500. The van der Waals surface area contributed by atoms with Crippen molar-refractivity contribution in [3.8, 4) is 0 Å². The number of rotatable bonds is 3. The Morgan fingerprint density at radius 3 is 2.64 bits per heavy atom. The van der Waals surface area contributed by atoms with Gasteiger partial charge in [-0.2, -0.15) is 0 Å². The molecule has 2 nitrogen and oxygen atoms in total. The summed E-state index contributed by atoms with van der Waals surface area (Å²) in [5, 5.41) is 9.06. The zero-order chi connectivity index (χ0) is 10.1. The fourth-order valence-electron chi connectivity index (χ4n) is 1.75. The van der Waals surface area contributed by atoms with Crippen molar-refractivity contribution in [2.75, 3.05) is 11.9 Å². The summed E-state index contributed by atoms with van der Waals surface area (Å²) in [7, 11) is 2.14. The van der Waals surface area contributed by atoms with Crippen molar-refractivity contribution in [2.45, 2.75) is 32.4 Å². The second-order valence-electron chi connectivity index (χ2n) is 4.11. The highest BCUT2D eigenvalue weighted by molar-refractivity contribution is 5.51. The number of aryl methyl sites for hydroxylation is 1. The number of hydrogen-bond donors (Lipinski definition) is 1. The van der Waals surface area contributed by atoms with Gasteiger partial charge in [0.1, 0.15) is 0 Å². The Balaban J connectivity index is 2.22. The van der Waals surface area contributed by atoms with Crippen molar-refractivity contribution in [3.05, 3.63) is 29.3 Å². The summed E-state index contributed by atoms with van der Waals surface area (Å²) in [6.07, 6.45) is 2.63. The SMILES string of the molecule is Cc1cc(N(C)C2CC2)ccc1CO. The van der Waals surface area contributed by atoms with E-state index in [2.05, 4.69) is 31.0 Å². The molecule has 1 aliphatic carbocycles. The predicted octanol–water partition coefficient (Wildman–Crippen LogP) is 2.09. The van der Waals surface area contributed by atoms with Gasteiger partial charge in [0, 0.05) is 18.8 Å². The molecule has 0 aromatic heterocycles. The van der Waals surface area contributed by atoms with Crippen LogP contribution < -0.4 is 4.90 Å². The summed E-state index contributed by atoms with van der Waals surface area (Å²) < 4.78 is 0. The number of aliphatic hydroxyl groups is 1. The van der Waals surface area contributed by atoms with Gasteiger partial charge in [0.05, 0.1) is 6.61 Å². The molecule has 1 aromatic rings. The van der Waals surface area contributed by atoms with Crippen molar-refractivity contribution in [3.63, 3.8) is 0 Å². The lowest BCUT2D eigenvalue weighted by Gasteiger charge is -2.19. The topological polar surface area (TPSA) is 23.5 Å². The molecule has 0 aliphatic heterocycles. The van der Waals surface area contributed by atoms with Crippen LogP contribution in [0.15, 0.2) is 18.2 Å². The van der Waals surface area contributed by atoms with Gasteiger partial charge in [-0.15, -0.1) is 0 Å². The molecule has 1 N–H and O–H groups in total. The molecule has 2 heteroatoms. The number of hydrogen-bond acceptors (Lipinski definition) is 2. The lowest BCUT2D eigenvalue weighted by atomic mass is 10.1. The standard InChI is InChI=1S/C12H17NO/c1-9-7-12(4-3-10(9)8-14)13(2)11-5-6-11/h3-4,7,11,14H,5-6,8H2,1-2H3. The largest absolute Gasteiger partial charge is 0.392 e. The Kier molecular flexibility index (Phi) is 2.46. The van der Waals surface area contributed by atoms with E-state index in [0.29, 0.717) is 0 Å². The number of aliphatic hydroxyl groups excluding tert-OH is 1. The normalized spacial score (nSPS) is 15.6. The lowest BCUT2D eigenvalue weighted by Crippen LogP contribution is -2.19. The number of benzene rings is 1. The Morgan fingerprint density at radius 2 is 2.14 bits per heavy atom. The first kappa shape index (κ1) is 9.53. The lowest BCUT2D eigenvalue weighted by molar-refractivity contribution is 0.281. The highest BCUT2D eigenvalue weighted by Crippen LogP contribution is 2.30. The molecule has 76 valence electrons. The second kappa shape index (κ2) is 3.62. The van der Waals surface area contributed by atoms with E-state index in [1.807, 2.05) is 6.07 Å². The monoisotopic (exact) mass is 191 g/mol. The van der Waals surface area contributed by atoms with Crippen LogP contribution in [0.4, 0.5) is 5.69 Å². The van der Waals surface area contributed by atoms with E-state index in [4.69, 9.17) is 5.11 Å². The quantitative estimate of drug-likeness (QED) is 0.790. The van der Waals surface area contributed by atoms with Crippen LogP contribution in [0.2, 0.25) is 0 Å². The maximum absolute atomic E-state index is 9.06. The van der Waals surface area contributed by atoms with E-state index < -0.39 is 0 Å². The molecular weight excluding hydrogens is 174 g/mol. The van der Waals surface area contributed by atoms with Crippen LogP contribution in [0.25, 0.3) is 0 Å². The summed E-state index contributed by atoms with van der Waals surface area (Å²) in [6, 6.07) is 7.01. The number of nitrogens with zero attached hydrogens (tertiary/aromatic N) is 1. The minimum Gasteiger partial charge on any atom is -0.392 e. The van der Waals surface area contributed by atoms with Gasteiger partial charge in [0.15, 0.2) is 0 Å². The molecule has 1 aromatic carbocycles. The molecule has 0 atom stereocenters. The highest BCUT2D eigenvalue weighted by atomic mass is 16.3. The Morgan fingerprint density at radius 1 is 1.43 bits per heavy atom. The zero-order valence-corrected chi connectivity index (χ0v) is 8.83. The predicted molar refractivity (Wildman–Crippen MR) is 58.5 cm³/mol. The Bertz CT molecular complexity index is 331. The van der Waals surface area contributed by atoms with Crippen LogP contribution in [-0.4, -0.2) is 18.2 Å². The molecule has 14 heavy (non-hydrogen) atoms. The molecule has 1 saturated carbocycles. The van der Waals surface area contributed by atoms with Gasteiger partial charge in [-0.3, -0.25) is 0 Å². The van der Waals surface area contributed by atoms with Crippen molar-refractivity contribution in [1.82, 2.24) is 0 Å². The molecule has 0 saturated heterocycles. The third kappa shape index (κ3) is 1.75. The summed E-state index contributed by atoms with van der Waals surface area (Å²) in [5.41, 5.74) is 3.47. The van der Waals surface area contributed by atoms with Crippen LogP contribution in [0.3, 0.4) is 0 Å². The van der Waals surface area contributed by atoms with E-state index in [0.717, 1.165) is 11.6 Å². The third-order valence-electron chi connectivity index (χ3n) is 3.00. The van der Waals surface area contributed by atoms with Gasteiger partial charge in [-0.1, -0.05) is 6.07 Å². The first-order valence-electron chi connectivity index (χ1n) is 5.15. The first-order chi connectivity index (χ1) is 6.72. The molecule has 0 spiro atoms. The summed E-state index contributed by atoms with van der Waals surface area (Å²) in [6.45, 7) is 2.19. The molecule has 0 heterocycles. The van der Waals surface area contributed by atoms with Gasteiger partial charge in [0.25, 0.3) is 0 Å². The van der Waals surface area contributed by atoms with Crippen molar-refractivity contribution < 1.29 is 5.11 Å². The van der Waals surface area contributed by atoms with Crippen molar-refractivity contribution >= 4 is 5.69 Å².